The average Bonchev–Trinajstić information content (AvgIpc) is 2.88. The summed E-state index contributed by atoms with van der Waals surface area (Å²) in [6.07, 6.45) is -5.99. The van der Waals surface area contributed by atoms with Crippen molar-refractivity contribution in [3.05, 3.63) is 111 Å². The first-order valence-corrected chi connectivity index (χ1v) is 11.3. The van der Waals surface area contributed by atoms with Crippen LogP contribution in [-0.4, -0.2) is 21.1 Å². The third-order valence-electron chi connectivity index (χ3n) is 5.72. The predicted octanol–water partition coefficient (Wildman–Crippen LogP) is 4.77. The van der Waals surface area contributed by atoms with Gasteiger partial charge in [0.1, 0.15) is 17.3 Å². The van der Waals surface area contributed by atoms with Crippen molar-refractivity contribution in [3.8, 4) is 22.6 Å². The number of rotatable bonds is 6. The summed E-state index contributed by atoms with van der Waals surface area (Å²) >= 11 is 0. The van der Waals surface area contributed by atoms with Crippen molar-refractivity contribution in [2.24, 2.45) is 7.05 Å². The molecular weight excluding hydrogens is 506 g/mol. The Hall–Kier alpha value is -4.67. The average molecular weight is 527 g/mol. The van der Waals surface area contributed by atoms with Crippen LogP contribution in [-0.2, 0) is 18.0 Å². The summed E-state index contributed by atoms with van der Waals surface area (Å²) in [5.41, 5.74) is -2.66. The van der Waals surface area contributed by atoms with Crippen molar-refractivity contribution < 1.29 is 27.1 Å². The molecule has 11 heteroatoms. The Kier molecular flexibility index (Phi) is 7.20. The molecule has 196 valence electrons. The van der Waals surface area contributed by atoms with Gasteiger partial charge in [0.05, 0.1) is 11.4 Å². The molecule has 0 aliphatic rings. The van der Waals surface area contributed by atoms with Crippen LogP contribution < -0.4 is 21.3 Å². The van der Waals surface area contributed by atoms with Crippen LogP contribution in [0.4, 0.5) is 23.2 Å². The minimum Gasteiger partial charge on any atom is -0.481 e. The highest BCUT2D eigenvalue weighted by atomic mass is 19.4. The third-order valence-corrected chi connectivity index (χ3v) is 5.72. The number of benzene rings is 3. The van der Waals surface area contributed by atoms with Gasteiger partial charge in [0.25, 0.3) is 11.5 Å². The molecule has 7 nitrogen and oxygen atoms in total. The minimum absolute atomic E-state index is 0.230. The summed E-state index contributed by atoms with van der Waals surface area (Å²) in [4.78, 5) is 37.6. The zero-order valence-corrected chi connectivity index (χ0v) is 20.1. The lowest BCUT2D eigenvalue weighted by atomic mass is 10.1. The van der Waals surface area contributed by atoms with Gasteiger partial charge in [0.15, 0.2) is 6.10 Å². The van der Waals surface area contributed by atoms with E-state index >= 15 is 0 Å². The molecule has 4 aromatic rings. The molecule has 38 heavy (non-hydrogen) atoms. The fraction of sp³-hybridized carbons (Fsp3) is 0.148. The van der Waals surface area contributed by atoms with Crippen LogP contribution in [0.5, 0.6) is 5.75 Å². The van der Waals surface area contributed by atoms with E-state index in [9.17, 15) is 31.9 Å². The SMILES string of the molecule is CC(Oc1ccc(-c2ccccc2)cc1)C(=O)Nc1cc(-n2c(=O)cc(C(F)(F)F)n(C)c2=O)ccc1F. The molecule has 0 fully saturated rings. The molecule has 1 amide bonds. The summed E-state index contributed by atoms with van der Waals surface area (Å²) in [6.45, 7) is 1.44. The van der Waals surface area contributed by atoms with Gasteiger partial charge in [-0.25, -0.2) is 13.8 Å². The van der Waals surface area contributed by atoms with Gasteiger partial charge in [-0.15, -0.1) is 0 Å². The highest BCUT2D eigenvalue weighted by molar-refractivity contribution is 5.94. The molecule has 3 aromatic carbocycles. The fourth-order valence-corrected chi connectivity index (χ4v) is 3.73. The van der Waals surface area contributed by atoms with Crippen molar-refractivity contribution in [1.29, 1.82) is 0 Å². The number of ether oxygens (including phenoxy) is 1. The lowest BCUT2D eigenvalue weighted by Gasteiger charge is -2.17. The van der Waals surface area contributed by atoms with E-state index < -0.39 is 46.6 Å². The summed E-state index contributed by atoms with van der Waals surface area (Å²) in [5, 5.41) is 2.32. The van der Waals surface area contributed by atoms with Crippen LogP contribution in [0.2, 0.25) is 0 Å². The standard InChI is InChI=1S/C27H21F4N3O4/c1-16(38-20-11-8-18(9-12-20)17-6-4-3-5-7-17)25(36)32-22-14-19(10-13-21(22)28)34-24(35)15-23(27(29,30)31)33(2)26(34)37/h3-16H,1-2H3,(H,32,36). The highest BCUT2D eigenvalue weighted by Crippen LogP contribution is 2.27. The first kappa shape index (κ1) is 26.4. The number of hydrogen-bond acceptors (Lipinski definition) is 4. The molecule has 0 radical (unpaired) electrons. The normalized spacial score (nSPS) is 12.2. The van der Waals surface area contributed by atoms with E-state index in [1.165, 1.54) is 6.92 Å². The number of carbonyl (C=O) groups is 1. The van der Waals surface area contributed by atoms with Crippen molar-refractivity contribution in [2.75, 3.05) is 5.32 Å². The molecular formula is C27H21F4N3O4. The number of amides is 1. The third kappa shape index (κ3) is 5.51. The number of nitrogens with zero attached hydrogens (tertiary/aromatic N) is 2. The number of nitrogens with one attached hydrogen (secondary N) is 1. The Bertz CT molecular complexity index is 1590. The van der Waals surface area contributed by atoms with Crippen LogP contribution in [0.25, 0.3) is 16.8 Å². The molecule has 1 heterocycles. The second-order valence-corrected chi connectivity index (χ2v) is 8.35. The molecule has 0 saturated carbocycles. The summed E-state index contributed by atoms with van der Waals surface area (Å²) < 4.78 is 60.2. The Morgan fingerprint density at radius 2 is 1.55 bits per heavy atom. The van der Waals surface area contributed by atoms with Crippen LogP contribution >= 0.6 is 0 Å². The fourth-order valence-electron chi connectivity index (χ4n) is 3.73. The zero-order chi connectivity index (χ0) is 27.6. The monoisotopic (exact) mass is 527 g/mol. The highest BCUT2D eigenvalue weighted by Gasteiger charge is 2.35. The Morgan fingerprint density at radius 3 is 2.18 bits per heavy atom. The quantitative estimate of drug-likeness (QED) is 0.367. The maximum Gasteiger partial charge on any atom is 0.431 e. The van der Waals surface area contributed by atoms with Crippen LogP contribution in [0, 0.1) is 5.82 Å². The number of aromatic nitrogens is 2. The van der Waals surface area contributed by atoms with E-state index in [4.69, 9.17) is 4.74 Å². The molecule has 1 N–H and O–H groups in total. The van der Waals surface area contributed by atoms with E-state index in [-0.39, 0.29) is 16.3 Å². The maximum absolute atomic E-state index is 14.5. The maximum atomic E-state index is 14.5. The number of anilines is 1. The second-order valence-electron chi connectivity index (χ2n) is 8.35. The van der Waals surface area contributed by atoms with E-state index in [1.54, 1.807) is 12.1 Å². The molecule has 1 unspecified atom stereocenters. The van der Waals surface area contributed by atoms with E-state index in [2.05, 4.69) is 5.32 Å². The summed E-state index contributed by atoms with van der Waals surface area (Å²) in [7, 11) is 0.860. The summed E-state index contributed by atoms with van der Waals surface area (Å²) in [5.74, 6) is -1.24. The molecule has 0 aliphatic heterocycles. The van der Waals surface area contributed by atoms with Gasteiger partial charge in [-0.05, 0) is 48.4 Å². The van der Waals surface area contributed by atoms with Gasteiger partial charge in [0.2, 0.25) is 0 Å². The topological polar surface area (TPSA) is 82.3 Å². The van der Waals surface area contributed by atoms with E-state index in [1.807, 2.05) is 42.5 Å². The first-order valence-electron chi connectivity index (χ1n) is 11.3. The predicted molar refractivity (Wildman–Crippen MR) is 133 cm³/mol. The van der Waals surface area contributed by atoms with Crippen LogP contribution in [0.3, 0.4) is 0 Å². The minimum atomic E-state index is -4.92. The van der Waals surface area contributed by atoms with Crippen LogP contribution in [0.15, 0.2) is 88.5 Å². The largest absolute Gasteiger partial charge is 0.481 e. The smallest absolute Gasteiger partial charge is 0.431 e. The number of hydrogen-bond donors (Lipinski definition) is 1. The Labute approximate surface area is 213 Å². The molecule has 0 bridgehead atoms. The van der Waals surface area contributed by atoms with E-state index in [0.717, 1.165) is 36.4 Å². The van der Waals surface area contributed by atoms with Crippen LogP contribution in [0.1, 0.15) is 12.6 Å². The molecule has 0 spiro atoms. The van der Waals surface area contributed by atoms with Gasteiger partial charge in [-0.2, -0.15) is 13.2 Å². The van der Waals surface area contributed by atoms with Gasteiger partial charge in [-0.3, -0.25) is 14.2 Å². The molecule has 0 aliphatic carbocycles. The second kappa shape index (κ2) is 10.4. The summed E-state index contributed by atoms with van der Waals surface area (Å²) in [6, 6.07) is 19.8. The van der Waals surface area contributed by atoms with Gasteiger partial charge in [-0.1, -0.05) is 42.5 Å². The van der Waals surface area contributed by atoms with Crippen molar-refractivity contribution in [3.63, 3.8) is 0 Å². The van der Waals surface area contributed by atoms with Crippen molar-refractivity contribution in [2.45, 2.75) is 19.2 Å². The van der Waals surface area contributed by atoms with Crippen molar-refractivity contribution in [1.82, 2.24) is 9.13 Å². The van der Waals surface area contributed by atoms with Gasteiger partial charge >= 0.3 is 11.9 Å². The van der Waals surface area contributed by atoms with Crippen molar-refractivity contribution >= 4 is 11.6 Å². The Morgan fingerprint density at radius 1 is 0.921 bits per heavy atom. The van der Waals surface area contributed by atoms with E-state index in [0.29, 0.717) is 10.3 Å². The lowest BCUT2D eigenvalue weighted by Crippen LogP contribution is -2.40. The Balaban J connectivity index is 1.53. The lowest BCUT2D eigenvalue weighted by molar-refractivity contribution is -0.144. The molecule has 0 saturated heterocycles. The number of halogens is 4. The van der Waals surface area contributed by atoms with Gasteiger partial charge < -0.3 is 10.1 Å². The van der Waals surface area contributed by atoms with Gasteiger partial charge in [0, 0.05) is 13.1 Å². The molecule has 4 rings (SSSR count). The zero-order valence-electron chi connectivity index (χ0n) is 20.1. The number of alkyl halides is 3. The number of carbonyl (C=O) groups excluding carboxylic acids is 1. The molecule has 1 atom stereocenters. The molecule has 1 aromatic heterocycles. The first-order chi connectivity index (χ1) is 18.0.